The van der Waals surface area contributed by atoms with Crippen molar-refractivity contribution in [2.75, 3.05) is 0 Å². The topological polar surface area (TPSA) is 50.9 Å². The standard InChI is InChI=1S/C7H6ClN3O/c1-4-5(8)2-3-6-7(4)9-10-11(6)12/h2-3,12H,1H3. The van der Waals surface area contributed by atoms with Crippen molar-refractivity contribution >= 4 is 22.6 Å². The van der Waals surface area contributed by atoms with Gasteiger partial charge in [0.15, 0.2) is 0 Å². The van der Waals surface area contributed by atoms with Crippen molar-refractivity contribution in [1.82, 2.24) is 15.2 Å². The third-order valence-corrected chi connectivity index (χ3v) is 2.20. The van der Waals surface area contributed by atoms with E-state index in [2.05, 4.69) is 10.3 Å². The van der Waals surface area contributed by atoms with Crippen LogP contribution >= 0.6 is 11.6 Å². The largest absolute Gasteiger partial charge is 0.410 e. The van der Waals surface area contributed by atoms with Crippen molar-refractivity contribution in [1.29, 1.82) is 0 Å². The lowest BCUT2D eigenvalue weighted by Crippen LogP contribution is -1.91. The smallest absolute Gasteiger partial charge is 0.131 e. The normalized spacial score (nSPS) is 10.8. The first-order valence-corrected chi connectivity index (χ1v) is 3.77. The minimum atomic E-state index is 0.567. The molecule has 62 valence electrons. The van der Waals surface area contributed by atoms with Crippen LogP contribution in [0.4, 0.5) is 0 Å². The van der Waals surface area contributed by atoms with Crippen LogP contribution < -0.4 is 0 Å². The van der Waals surface area contributed by atoms with E-state index < -0.39 is 0 Å². The lowest BCUT2D eigenvalue weighted by atomic mass is 10.2. The fourth-order valence-corrected chi connectivity index (χ4v) is 1.24. The number of fused-ring (bicyclic) bond motifs is 1. The summed E-state index contributed by atoms with van der Waals surface area (Å²) in [6, 6.07) is 3.37. The van der Waals surface area contributed by atoms with Crippen molar-refractivity contribution in [3.63, 3.8) is 0 Å². The van der Waals surface area contributed by atoms with Gasteiger partial charge in [0.25, 0.3) is 0 Å². The minimum Gasteiger partial charge on any atom is -0.410 e. The van der Waals surface area contributed by atoms with Crippen molar-refractivity contribution in [2.24, 2.45) is 0 Å². The maximum Gasteiger partial charge on any atom is 0.131 e. The van der Waals surface area contributed by atoms with E-state index in [1.807, 2.05) is 6.92 Å². The lowest BCUT2D eigenvalue weighted by Gasteiger charge is -1.96. The third-order valence-electron chi connectivity index (χ3n) is 1.79. The summed E-state index contributed by atoms with van der Waals surface area (Å²) in [7, 11) is 0. The van der Waals surface area contributed by atoms with Crippen LogP contribution in [0.25, 0.3) is 11.0 Å². The summed E-state index contributed by atoms with van der Waals surface area (Å²) in [5.74, 6) is 0. The molecule has 2 aromatic rings. The van der Waals surface area contributed by atoms with E-state index in [1.165, 1.54) is 0 Å². The summed E-state index contributed by atoms with van der Waals surface area (Å²) in [4.78, 5) is 0.735. The van der Waals surface area contributed by atoms with Gasteiger partial charge in [0.05, 0.1) is 0 Å². The Hall–Kier alpha value is -1.29. The Morgan fingerprint density at radius 1 is 1.50 bits per heavy atom. The van der Waals surface area contributed by atoms with Gasteiger partial charge in [-0.3, -0.25) is 0 Å². The molecular weight excluding hydrogens is 178 g/mol. The molecule has 0 aliphatic carbocycles. The van der Waals surface area contributed by atoms with Gasteiger partial charge in [-0.15, -0.1) is 5.10 Å². The highest BCUT2D eigenvalue weighted by atomic mass is 35.5. The van der Waals surface area contributed by atoms with Crippen LogP contribution in [-0.4, -0.2) is 20.4 Å². The monoisotopic (exact) mass is 183 g/mol. The van der Waals surface area contributed by atoms with Crippen molar-refractivity contribution < 1.29 is 5.21 Å². The molecule has 0 fully saturated rings. The van der Waals surface area contributed by atoms with E-state index in [0.717, 1.165) is 10.4 Å². The van der Waals surface area contributed by atoms with Crippen LogP contribution in [0.3, 0.4) is 0 Å². The fraction of sp³-hybridized carbons (Fsp3) is 0.143. The first-order valence-electron chi connectivity index (χ1n) is 3.40. The molecule has 2 rings (SSSR count). The van der Waals surface area contributed by atoms with Gasteiger partial charge in [-0.25, -0.2) is 0 Å². The van der Waals surface area contributed by atoms with E-state index in [4.69, 9.17) is 16.8 Å². The van der Waals surface area contributed by atoms with Gasteiger partial charge in [-0.1, -0.05) is 16.4 Å². The summed E-state index contributed by atoms with van der Waals surface area (Å²) in [6.45, 7) is 1.83. The summed E-state index contributed by atoms with van der Waals surface area (Å²) in [6.07, 6.45) is 0. The first kappa shape index (κ1) is 7.36. The van der Waals surface area contributed by atoms with Crippen LogP contribution in [0.5, 0.6) is 0 Å². The fourth-order valence-electron chi connectivity index (χ4n) is 1.08. The van der Waals surface area contributed by atoms with Gasteiger partial charge in [-0.05, 0) is 29.8 Å². The van der Waals surface area contributed by atoms with Gasteiger partial charge < -0.3 is 5.21 Å². The second kappa shape index (κ2) is 2.35. The molecule has 1 aromatic carbocycles. The average molecular weight is 184 g/mol. The Labute approximate surface area is 73.3 Å². The Balaban J connectivity index is 2.93. The number of benzene rings is 1. The quantitative estimate of drug-likeness (QED) is 0.632. The number of nitrogens with zero attached hydrogens (tertiary/aromatic N) is 3. The molecule has 0 bridgehead atoms. The second-order valence-electron chi connectivity index (χ2n) is 2.52. The van der Waals surface area contributed by atoms with Gasteiger partial charge in [0.2, 0.25) is 0 Å². The van der Waals surface area contributed by atoms with Crippen LogP contribution in [0.2, 0.25) is 5.02 Å². The van der Waals surface area contributed by atoms with Crippen molar-refractivity contribution in [2.45, 2.75) is 6.92 Å². The number of aromatic nitrogens is 3. The molecule has 1 heterocycles. The molecule has 0 atom stereocenters. The Morgan fingerprint density at radius 2 is 2.25 bits per heavy atom. The SMILES string of the molecule is Cc1c(Cl)ccc2c1nnn2O. The minimum absolute atomic E-state index is 0.567. The van der Waals surface area contributed by atoms with E-state index in [-0.39, 0.29) is 0 Å². The molecule has 5 heteroatoms. The molecule has 0 spiro atoms. The maximum absolute atomic E-state index is 9.13. The van der Waals surface area contributed by atoms with Crippen LogP contribution in [0.1, 0.15) is 5.56 Å². The predicted molar refractivity (Wildman–Crippen MR) is 44.5 cm³/mol. The Morgan fingerprint density at radius 3 is 3.00 bits per heavy atom. The van der Waals surface area contributed by atoms with E-state index in [9.17, 15) is 0 Å². The molecule has 4 nitrogen and oxygen atoms in total. The molecule has 12 heavy (non-hydrogen) atoms. The molecule has 0 aliphatic rings. The first-order chi connectivity index (χ1) is 5.70. The van der Waals surface area contributed by atoms with E-state index in [0.29, 0.717) is 16.1 Å². The Kier molecular flexibility index (Phi) is 1.44. The Bertz CT molecular complexity index is 437. The molecular formula is C7H6ClN3O. The maximum atomic E-state index is 9.13. The summed E-state index contributed by atoms with van der Waals surface area (Å²) in [5.41, 5.74) is 2.02. The number of hydrogen-bond acceptors (Lipinski definition) is 3. The van der Waals surface area contributed by atoms with Crippen molar-refractivity contribution in [3.8, 4) is 0 Å². The van der Waals surface area contributed by atoms with Gasteiger partial charge in [-0.2, -0.15) is 0 Å². The van der Waals surface area contributed by atoms with Crippen LogP contribution in [0.15, 0.2) is 12.1 Å². The molecule has 0 saturated carbocycles. The lowest BCUT2D eigenvalue weighted by molar-refractivity contribution is 0.155. The van der Waals surface area contributed by atoms with Crippen LogP contribution in [-0.2, 0) is 0 Å². The summed E-state index contributed by atoms with van der Waals surface area (Å²) >= 11 is 5.84. The molecule has 1 N–H and O–H groups in total. The number of halogens is 1. The number of hydrogen-bond donors (Lipinski definition) is 1. The highest BCUT2D eigenvalue weighted by Crippen LogP contribution is 2.22. The molecule has 0 unspecified atom stereocenters. The molecule has 0 amide bonds. The van der Waals surface area contributed by atoms with E-state index in [1.54, 1.807) is 12.1 Å². The zero-order valence-electron chi connectivity index (χ0n) is 6.32. The highest BCUT2D eigenvalue weighted by Gasteiger charge is 2.07. The number of aryl methyl sites for hydroxylation is 1. The van der Waals surface area contributed by atoms with Gasteiger partial charge in [0.1, 0.15) is 11.0 Å². The predicted octanol–water partition coefficient (Wildman–Crippen LogP) is 1.63. The zero-order valence-corrected chi connectivity index (χ0v) is 7.08. The third kappa shape index (κ3) is 0.848. The van der Waals surface area contributed by atoms with E-state index >= 15 is 0 Å². The van der Waals surface area contributed by atoms with Crippen LogP contribution in [0, 0.1) is 6.92 Å². The van der Waals surface area contributed by atoms with Crippen molar-refractivity contribution in [3.05, 3.63) is 22.7 Å². The zero-order chi connectivity index (χ0) is 8.72. The molecule has 0 radical (unpaired) electrons. The summed E-state index contributed by atoms with van der Waals surface area (Å²) < 4.78 is 0. The highest BCUT2D eigenvalue weighted by molar-refractivity contribution is 6.32. The van der Waals surface area contributed by atoms with Gasteiger partial charge >= 0.3 is 0 Å². The summed E-state index contributed by atoms with van der Waals surface area (Å²) in [5, 5.41) is 17.0. The second-order valence-corrected chi connectivity index (χ2v) is 2.93. The molecule has 1 aromatic heterocycles. The molecule has 0 saturated heterocycles. The van der Waals surface area contributed by atoms with Gasteiger partial charge in [0, 0.05) is 5.02 Å². The molecule has 0 aliphatic heterocycles. The number of rotatable bonds is 0. The average Bonchev–Trinajstić information content (AvgIpc) is 2.41.